The lowest BCUT2D eigenvalue weighted by Crippen LogP contribution is -2.35. The molecule has 0 spiro atoms. The van der Waals surface area contributed by atoms with Crippen LogP contribution in [0.4, 0.5) is 5.69 Å². The van der Waals surface area contributed by atoms with Gasteiger partial charge in [0.25, 0.3) is 0 Å². The predicted octanol–water partition coefficient (Wildman–Crippen LogP) is 4.07. The first-order chi connectivity index (χ1) is 16.4. The maximum Gasteiger partial charge on any atom is 0.243 e. The van der Waals surface area contributed by atoms with Crippen LogP contribution < -0.4 is 15.5 Å². The lowest BCUT2D eigenvalue weighted by atomic mass is 10.2. The average molecular weight is 500 g/mol. The molecule has 1 aromatic heterocycles. The number of fused-ring (bicyclic) bond motifs is 1. The molecule has 0 aliphatic carbocycles. The second kappa shape index (κ2) is 10.5. The number of sulfonamides is 1. The zero-order valence-electron chi connectivity index (χ0n) is 19.3. The minimum Gasteiger partial charge on any atom is -0.494 e. The summed E-state index contributed by atoms with van der Waals surface area (Å²) >= 11 is 5.32. The first-order valence-electron chi connectivity index (χ1n) is 11.3. The highest BCUT2D eigenvalue weighted by molar-refractivity contribution is 7.89. The number of hydrazone groups is 1. The van der Waals surface area contributed by atoms with Crippen molar-refractivity contribution in [2.24, 2.45) is 12.1 Å². The fraction of sp³-hybridized carbons (Fsp3) is 0.333. The summed E-state index contributed by atoms with van der Waals surface area (Å²) in [6.07, 6.45) is 6.44. The molecule has 0 radical (unpaired) electrons. The van der Waals surface area contributed by atoms with Gasteiger partial charge in [-0.15, -0.1) is 0 Å². The number of ether oxygens (including phenoxy) is 1. The summed E-state index contributed by atoms with van der Waals surface area (Å²) in [5.41, 5.74) is 5.35. The third-order valence-corrected chi connectivity index (χ3v) is 7.83. The number of anilines is 1. The van der Waals surface area contributed by atoms with Crippen LogP contribution in [0.5, 0.6) is 5.75 Å². The molecule has 34 heavy (non-hydrogen) atoms. The fourth-order valence-corrected chi connectivity index (χ4v) is 5.75. The molecule has 0 amide bonds. The highest BCUT2D eigenvalue weighted by atomic mass is 32.2. The lowest BCUT2D eigenvalue weighted by molar-refractivity contribution is 0.340. The van der Waals surface area contributed by atoms with Crippen molar-refractivity contribution in [2.75, 3.05) is 25.0 Å². The third-order valence-electron chi connectivity index (χ3n) is 5.74. The Kier molecular flexibility index (Phi) is 7.50. The fourth-order valence-electron chi connectivity index (χ4n) is 4.04. The van der Waals surface area contributed by atoms with Crippen molar-refractivity contribution in [1.29, 1.82) is 0 Å². The molecule has 1 aliphatic rings. The Hall–Kier alpha value is -2.95. The molecule has 2 N–H and O–H groups in total. The molecule has 1 aliphatic heterocycles. The van der Waals surface area contributed by atoms with Crippen molar-refractivity contribution < 1.29 is 13.2 Å². The highest BCUT2D eigenvalue weighted by Gasteiger charge is 2.26. The minimum absolute atomic E-state index is 0.309. The molecule has 2 heterocycles. The van der Waals surface area contributed by atoms with Gasteiger partial charge in [-0.2, -0.15) is 9.41 Å². The SMILES string of the molecule is CCOc1ccc(NC(=S)N/N=C\c2cn(C)c3ccc(S(=O)(=O)N4CCCCC4)cc23)cc1. The van der Waals surface area contributed by atoms with Crippen LogP contribution >= 0.6 is 12.2 Å². The number of hydrogen-bond acceptors (Lipinski definition) is 5. The number of nitrogens with one attached hydrogen (secondary N) is 2. The largest absolute Gasteiger partial charge is 0.494 e. The van der Waals surface area contributed by atoms with Gasteiger partial charge in [0.05, 0.1) is 17.7 Å². The number of hydrogen-bond donors (Lipinski definition) is 2. The van der Waals surface area contributed by atoms with E-state index in [0.717, 1.165) is 47.2 Å². The molecule has 0 bridgehead atoms. The molecule has 0 atom stereocenters. The Bertz CT molecular complexity index is 1290. The number of nitrogens with zero attached hydrogens (tertiary/aromatic N) is 3. The minimum atomic E-state index is -3.51. The molecule has 180 valence electrons. The number of thiocarbonyl (C=S) groups is 1. The Morgan fingerprint density at radius 3 is 2.59 bits per heavy atom. The number of aryl methyl sites for hydroxylation is 1. The van der Waals surface area contributed by atoms with Crippen LogP contribution in [0.3, 0.4) is 0 Å². The van der Waals surface area contributed by atoms with Crippen molar-refractivity contribution in [2.45, 2.75) is 31.1 Å². The molecular weight excluding hydrogens is 470 g/mol. The first kappa shape index (κ1) is 24.2. The van der Waals surface area contributed by atoms with Gasteiger partial charge in [-0.25, -0.2) is 8.42 Å². The van der Waals surface area contributed by atoms with E-state index in [-0.39, 0.29) is 0 Å². The van der Waals surface area contributed by atoms with E-state index in [1.54, 1.807) is 22.7 Å². The summed E-state index contributed by atoms with van der Waals surface area (Å²) in [6, 6.07) is 12.7. The summed E-state index contributed by atoms with van der Waals surface area (Å²) in [6.45, 7) is 3.70. The van der Waals surface area contributed by atoms with Gasteiger partial charge in [-0.05, 0) is 74.4 Å². The monoisotopic (exact) mass is 499 g/mol. The molecule has 1 saturated heterocycles. The smallest absolute Gasteiger partial charge is 0.243 e. The quantitative estimate of drug-likeness (QED) is 0.289. The normalized spacial score (nSPS) is 15.0. The zero-order chi connectivity index (χ0) is 24.1. The van der Waals surface area contributed by atoms with Crippen LogP contribution in [0.15, 0.2) is 58.7 Å². The summed E-state index contributed by atoms with van der Waals surface area (Å²) < 4.78 is 35.2. The van der Waals surface area contributed by atoms with Crippen LogP contribution in [0.2, 0.25) is 0 Å². The highest BCUT2D eigenvalue weighted by Crippen LogP contribution is 2.26. The molecule has 8 nitrogen and oxygen atoms in total. The molecule has 2 aromatic carbocycles. The van der Waals surface area contributed by atoms with Crippen molar-refractivity contribution >= 4 is 50.2 Å². The number of benzene rings is 2. The van der Waals surface area contributed by atoms with Crippen molar-refractivity contribution in [3.63, 3.8) is 0 Å². The summed E-state index contributed by atoms with van der Waals surface area (Å²) in [4.78, 5) is 0.309. The number of piperidine rings is 1. The van der Waals surface area contributed by atoms with E-state index >= 15 is 0 Å². The van der Waals surface area contributed by atoms with Crippen LogP contribution in [-0.2, 0) is 17.1 Å². The molecule has 0 unspecified atom stereocenters. The molecule has 10 heteroatoms. The summed E-state index contributed by atoms with van der Waals surface area (Å²) in [5, 5.41) is 8.48. The van der Waals surface area contributed by atoms with E-state index in [4.69, 9.17) is 17.0 Å². The maximum absolute atomic E-state index is 13.1. The Morgan fingerprint density at radius 1 is 1.15 bits per heavy atom. The van der Waals surface area contributed by atoms with Gasteiger partial charge >= 0.3 is 0 Å². The van der Waals surface area contributed by atoms with Crippen molar-refractivity contribution in [1.82, 2.24) is 14.3 Å². The van der Waals surface area contributed by atoms with Crippen LogP contribution in [0.25, 0.3) is 10.9 Å². The van der Waals surface area contributed by atoms with Gasteiger partial charge in [-0.1, -0.05) is 6.42 Å². The second-order valence-electron chi connectivity index (χ2n) is 8.12. The predicted molar refractivity (Wildman–Crippen MR) is 140 cm³/mol. The van der Waals surface area contributed by atoms with Gasteiger partial charge < -0.3 is 14.6 Å². The number of aromatic nitrogens is 1. The van der Waals surface area contributed by atoms with E-state index in [9.17, 15) is 8.42 Å². The lowest BCUT2D eigenvalue weighted by Gasteiger charge is -2.25. The van der Waals surface area contributed by atoms with Gasteiger partial charge in [0, 0.05) is 48.5 Å². The van der Waals surface area contributed by atoms with Gasteiger partial charge in [0.1, 0.15) is 5.75 Å². The number of rotatable bonds is 7. The van der Waals surface area contributed by atoms with Crippen LogP contribution in [-0.4, -0.2) is 48.3 Å². The molecule has 4 rings (SSSR count). The average Bonchev–Trinajstić information content (AvgIpc) is 3.16. The first-order valence-corrected chi connectivity index (χ1v) is 13.2. The van der Waals surface area contributed by atoms with E-state index in [2.05, 4.69) is 15.8 Å². The van der Waals surface area contributed by atoms with Gasteiger partial charge in [-0.3, -0.25) is 5.43 Å². The van der Waals surface area contributed by atoms with E-state index in [1.807, 2.05) is 55.1 Å². The Balaban J connectivity index is 1.48. The molecular formula is C24H29N5O3S2. The van der Waals surface area contributed by atoms with Gasteiger partial charge in [0.15, 0.2) is 5.11 Å². The zero-order valence-corrected chi connectivity index (χ0v) is 21.0. The third kappa shape index (κ3) is 5.40. The van der Waals surface area contributed by atoms with Crippen molar-refractivity contribution in [3.8, 4) is 5.75 Å². The molecule has 1 fully saturated rings. The molecule has 3 aromatic rings. The Labute approximate surface area is 205 Å². The Morgan fingerprint density at radius 2 is 1.88 bits per heavy atom. The second-order valence-corrected chi connectivity index (χ2v) is 10.5. The van der Waals surface area contributed by atoms with E-state index in [1.165, 1.54) is 0 Å². The summed E-state index contributed by atoms with van der Waals surface area (Å²) in [7, 11) is -1.59. The van der Waals surface area contributed by atoms with E-state index in [0.29, 0.717) is 29.7 Å². The standard InChI is InChI=1S/C24H29N5O3S2/c1-3-32-20-9-7-19(8-10-20)26-24(33)27-25-16-18-17-28(2)23-12-11-21(15-22(18)23)34(30,31)29-13-5-4-6-14-29/h7-12,15-17H,3-6,13-14H2,1-2H3,(H2,26,27,33)/b25-16-. The summed E-state index contributed by atoms with van der Waals surface area (Å²) in [5.74, 6) is 0.794. The van der Waals surface area contributed by atoms with Crippen molar-refractivity contribution in [3.05, 3.63) is 54.2 Å². The molecule has 0 saturated carbocycles. The van der Waals surface area contributed by atoms with E-state index < -0.39 is 10.0 Å². The van der Waals surface area contributed by atoms with Crippen LogP contribution in [0, 0.1) is 0 Å². The maximum atomic E-state index is 13.1. The van der Waals surface area contributed by atoms with Crippen LogP contribution in [0.1, 0.15) is 31.7 Å². The topological polar surface area (TPSA) is 88.0 Å². The van der Waals surface area contributed by atoms with Gasteiger partial charge in [0.2, 0.25) is 10.0 Å².